The van der Waals surface area contributed by atoms with E-state index in [1.807, 2.05) is 19.1 Å². The molecule has 0 bridgehead atoms. The van der Waals surface area contributed by atoms with Crippen molar-refractivity contribution in [2.75, 3.05) is 0 Å². The first-order chi connectivity index (χ1) is 4.77. The van der Waals surface area contributed by atoms with Gasteiger partial charge in [-0.2, -0.15) is 0 Å². The fraction of sp³-hybridized carbons (Fsp3) is 0.375. The second-order valence-electron chi connectivity index (χ2n) is 1.95. The summed E-state index contributed by atoms with van der Waals surface area (Å²) in [7, 11) is 0. The summed E-state index contributed by atoms with van der Waals surface area (Å²) in [6.07, 6.45) is 9.06. The Morgan fingerprint density at radius 3 is 2.50 bits per heavy atom. The minimum atomic E-state index is -0.375. The number of allylic oxidation sites excluding steroid dienone is 3. The largest absolute Gasteiger partial charge is 0.366 e. The molecule has 56 valence electrons. The van der Waals surface area contributed by atoms with E-state index >= 15 is 0 Å². The number of hydrogen-bond donors (Lipinski definition) is 1. The van der Waals surface area contributed by atoms with Crippen molar-refractivity contribution in [2.45, 2.75) is 19.8 Å². The number of amides is 1. The second kappa shape index (κ2) is 6.08. The number of hydrogen-bond acceptors (Lipinski definition) is 1. The zero-order chi connectivity index (χ0) is 7.82. The molecule has 0 aliphatic rings. The molecule has 0 rings (SSSR count). The summed E-state index contributed by atoms with van der Waals surface area (Å²) in [4.78, 5) is 10.1. The summed E-state index contributed by atoms with van der Waals surface area (Å²) in [6, 6.07) is 0. The number of carbonyl (C=O) groups is 1. The van der Waals surface area contributed by atoms with Gasteiger partial charge in [-0.15, -0.1) is 0 Å². The van der Waals surface area contributed by atoms with Crippen LogP contribution >= 0.6 is 0 Å². The third kappa shape index (κ3) is 6.95. The van der Waals surface area contributed by atoms with E-state index < -0.39 is 0 Å². The predicted molar refractivity (Wildman–Crippen MR) is 42.4 cm³/mol. The smallest absolute Gasteiger partial charge is 0.241 e. The lowest BCUT2D eigenvalue weighted by molar-refractivity contribution is -0.113. The maximum atomic E-state index is 10.1. The van der Waals surface area contributed by atoms with E-state index in [1.165, 1.54) is 6.08 Å². The Hall–Kier alpha value is -1.05. The molecule has 2 nitrogen and oxygen atoms in total. The van der Waals surface area contributed by atoms with E-state index in [2.05, 4.69) is 0 Å². The van der Waals surface area contributed by atoms with Gasteiger partial charge in [0.05, 0.1) is 0 Å². The summed E-state index contributed by atoms with van der Waals surface area (Å²) in [5, 5.41) is 0. The van der Waals surface area contributed by atoms with Crippen molar-refractivity contribution in [3.63, 3.8) is 0 Å². The van der Waals surface area contributed by atoms with Crippen molar-refractivity contribution in [1.82, 2.24) is 0 Å². The highest BCUT2D eigenvalue weighted by Crippen LogP contribution is 1.91. The Labute approximate surface area is 61.4 Å². The molecule has 0 radical (unpaired) electrons. The number of nitrogens with two attached hydrogens (primary N) is 1. The van der Waals surface area contributed by atoms with E-state index in [1.54, 1.807) is 6.08 Å². The number of carbonyl (C=O) groups excluding carboxylic acids is 1. The van der Waals surface area contributed by atoms with Crippen molar-refractivity contribution in [2.24, 2.45) is 5.73 Å². The van der Waals surface area contributed by atoms with Crippen molar-refractivity contribution < 1.29 is 4.79 Å². The number of unbranched alkanes of at least 4 members (excludes halogenated alkanes) is 1. The highest BCUT2D eigenvalue weighted by atomic mass is 16.1. The molecule has 10 heavy (non-hydrogen) atoms. The van der Waals surface area contributed by atoms with Crippen LogP contribution in [0.4, 0.5) is 0 Å². The van der Waals surface area contributed by atoms with E-state index in [9.17, 15) is 4.79 Å². The highest BCUT2D eigenvalue weighted by Gasteiger charge is 1.80. The third-order valence-electron chi connectivity index (χ3n) is 1.02. The molecular formula is C8H13NO. The van der Waals surface area contributed by atoms with Crippen molar-refractivity contribution >= 4 is 5.91 Å². The van der Waals surface area contributed by atoms with Gasteiger partial charge in [0.1, 0.15) is 0 Å². The van der Waals surface area contributed by atoms with Crippen LogP contribution in [0.25, 0.3) is 0 Å². The molecule has 0 heterocycles. The fourth-order valence-corrected chi connectivity index (χ4v) is 0.559. The Balaban J connectivity index is 3.27. The standard InChI is InChI=1S/C8H13NO/c1-2-3-4-5-6-7-8(9)10/h2-3,6-7H,4-5H2,1H3,(H2,9,10)/b3-2+,7-6+. The van der Waals surface area contributed by atoms with Crippen LogP contribution < -0.4 is 5.73 Å². The van der Waals surface area contributed by atoms with E-state index in [-0.39, 0.29) is 5.91 Å². The normalized spacial score (nSPS) is 11.3. The molecule has 0 aliphatic carbocycles. The zero-order valence-corrected chi connectivity index (χ0v) is 6.21. The van der Waals surface area contributed by atoms with Gasteiger partial charge in [0.25, 0.3) is 0 Å². The summed E-state index contributed by atoms with van der Waals surface area (Å²) < 4.78 is 0. The lowest BCUT2D eigenvalue weighted by atomic mass is 10.3. The predicted octanol–water partition coefficient (Wildman–Crippen LogP) is 1.38. The lowest BCUT2D eigenvalue weighted by Crippen LogP contribution is -2.05. The first-order valence-electron chi connectivity index (χ1n) is 3.34. The van der Waals surface area contributed by atoms with Crippen LogP contribution in [0.15, 0.2) is 24.3 Å². The first kappa shape index (κ1) is 8.95. The van der Waals surface area contributed by atoms with Crippen molar-refractivity contribution in [1.29, 1.82) is 0 Å². The maximum absolute atomic E-state index is 10.1. The molecule has 0 fully saturated rings. The van der Waals surface area contributed by atoms with Gasteiger partial charge in [0.2, 0.25) is 5.91 Å². The SMILES string of the molecule is C/C=C/CC/C=C/C(N)=O. The van der Waals surface area contributed by atoms with Crippen molar-refractivity contribution in [3.8, 4) is 0 Å². The third-order valence-corrected chi connectivity index (χ3v) is 1.02. The van der Waals surface area contributed by atoms with E-state index in [4.69, 9.17) is 5.73 Å². The number of primary amides is 1. The Bertz CT molecular complexity index is 147. The molecule has 1 amide bonds. The molecule has 2 heteroatoms. The molecular weight excluding hydrogens is 126 g/mol. The van der Waals surface area contributed by atoms with Gasteiger partial charge in [0.15, 0.2) is 0 Å². The highest BCUT2D eigenvalue weighted by molar-refractivity contribution is 5.85. The van der Waals surface area contributed by atoms with Gasteiger partial charge in [0, 0.05) is 0 Å². The average molecular weight is 139 g/mol. The van der Waals surface area contributed by atoms with Crippen molar-refractivity contribution in [3.05, 3.63) is 24.3 Å². The number of rotatable bonds is 4. The zero-order valence-electron chi connectivity index (χ0n) is 6.21. The molecule has 0 aromatic rings. The molecule has 0 atom stereocenters. The first-order valence-corrected chi connectivity index (χ1v) is 3.34. The van der Waals surface area contributed by atoms with E-state index in [0.29, 0.717) is 0 Å². The van der Waals surface area contributed by atoms with Crippen LogP contribution in [0.3, 0.4) is 0 Å². The molecule has 0 spiro atoms. The summed E-state index contributed by atoms with van der Waals surface area (Å²) >= 11 is 0. The van der Waals surface area contributed by atoms with Gasteiger partial charge >= 0.3 is 0 Å². The molecule has 0 aromatic heterocycles. The molecule has 0 saturated carbocycles. The topological polar surface area (TPSA) is 43.1 Å². The van der Waals surface area contributed by atoms with Crippen LogP contribution in [0.2, 0.25) is 0 Å². The van der Waals surface area contributed by atoms with Gasteiger partial charge in [-0.05, 0) is 25.8 Å². The quantitative estimate of drug-likeness (QED) is 0.357. The van der Waals surface area contributed by atoms with Crippen LogP contribution in [0.5, 0.6) is 0 Å². The minimum Gasteiger partial charge on any atom is -0.366 e. The summed E-state index contributed by atoms with van der Waals surface area (Å²) in [5.74, 6) is -0.375. The van der Waals surface area contributed by atoms with Crippen LogP contribution in [-0.4, -0.2) is 5.91 Å². The van der Waals surface area contributed by atoms with Crippen LogP contribution in [0.1, 0.15) is 19.8 Å². The molecule has 0 saturated heterocycles. The lowest BCUT2D eigenvalue weighted by Gasteiger charge is -1.83. The van der Waals surface area contributed by atoms with Gasteiger partial charge in [-0.3, -0.25) is 4.79 Å². The van der Waals surface area contributed by atoms with Crippen LogP contribution in [0, 0.1) is 0 Å². The van der Waals surface area contributed by atoms with E-state index in [0.717, 1.165) is 12.8 Å². The van der Waals surface area contributed by atoms with Crippen LogP contribution in [-0.2, 0) is 4.79 Å². The summed E-state index contributed by atoms with van der Waals surface area (Å²) in [5.41, 5.74) is 4.86. The average Bonchev–Trinajstić information content (AvgIpc) is 1.87. The molecule has 2 N–H and O–H groups in total. The van der Waals surface area contributed by atoms with Gasteiger partial charge in [-0.25, -0.2) is 0 Å². The fourth-order valence-electron chi connectivity index (χ4n) is 0.559. The minimum absolute atomic E-state index is 0.375. The monoisotopic (exact) mass is 139 g/mol. The Morgan fingerprint density at radius 1 is 1.40 bits per heavy atom. The molecule has 0 aromatic carbocycles. The molecule has 0 unspecified atom stereocenters. The summed E-state index contributed by atoms with van der Waals surface area (Å²) in [6.45, 7) is 1.97. The molecule has 0 aliphatic heterocycles. The Kier molecular flexibility index (Phi) is 5.44. The Morgan fingerprint density at radius 2 is 2.00 bits per heavy atom. The maximum Gasteiger partial charge on any atom is 0.241 e. The van der Waals surface area contributed by atoms with Gasteiger partial charge < -0.3 is 5.73 Å². The van der Waals surface area contributed by atoms with Gasteiger partial charge in [-0.1, -0.05) is 18.2 Å². The second-order valence-corrected chi connectivity index (χ2v) is 1.95.